The Balaban J connectivity index is 1.92. The molecule has 3 rings (SSSR count). The number of nitrogen functional groups attached to an aromatic ring is 1. The van der Waals surface area contributed by atoms with E-state index in [4.69, 9.17) is 10.5 Å². The highest BCUT2D eigenvalue weighted by atomic mass is 79.9. The zero-order valence-electron chi connectivity index (χ0n) is 11.0. The van der Waals surface area contributed by atoms with Crippen LogP contribution in [-0.2, 0) is 6.61 Å². The van der Waals surface area contributed by atoms with E-state index in [0.717, 1.165) is 15.4 Å². The Bertz CT molecular complexity index is 807. The summed E-state index contributed by atoms with van der Waals surface area (Å²) in [5.74, 6) is 0.379. The van der Waals surface area contributed by atoms with Gasteiger partial charge < -0.3 is 10.5 Å². The highest BCUT2D eigenvalue weighted by Gasteiger charge is 2.08. The maximum atomic E-state index is 13.3. The number of anilines is 1. The standard InChI is InChI=1S/C16H12BrFN2O/c17-13-4-3-11(18)8-10(13)9-21-15-6-5-14(19)16-12(15)2-1-7-20-16/h1-8H,9,19H2. The van der Waals surface area contributed by atoms with Crippen molar-refractivity contribution < 1.29 is 9.13 Å². The highest BCUT2D eigenvalue weighted by Crippen LogP contribution is 2.29. The van der Waals surface area contributed by atoms with Crippen LogP contribution in [0.25, 0.3) is 10.9 Å². The van der Waals surface area contributed by atoms with Gasteiger partial charge in [0.1, 0.15) is 18.2 Å². The van der Waals surface area contributed by atoms with E-state index < -0.39 is 0 Å². The quantitative estimate of drug-likeness (QED) is 0.719. The summed E-state index contributed by atoms with van der Waals surface area (Å²) in [6.07, 6.45) is 1.69. The third kappa shape index (κ3) is 2.83. The molecule has 0 atom stereocenters. The fraction of sp³-hybridized carbons (Fsp3) is 0.0625. The molecule has 0 amide bonds. The third-order valence-corrected chi connectivity index (χ3v) is 3.93. The van der Waals surface area contributed by atoms with Gasteiger partial charge in [0, 0.05) is 21.6 Å². The van der Waals surface area contributed by atoms with E-state index in [2.05, 4.69) is 20.9 Å². The summed E-state index contributed by atoms with van der Waals surface area (Å²) in [7, 11) is 0. The Morgan fingerprint density at radius 3 is 2.90 bits per heavy atom. The largest absolute Gasteiger partial charge is 0.488 e. The van der Waals surface area contributed by atoms with Crippen molar-refractivity contribution in [2.45, 2.75) is 6.61 Å². The topological polar surface area (TPSA) is 48.1 Å². The number of fused-ring (bicyclic) bond motifs is 1. The molecule has 21 heavy (non-hydrogen) atoms. The van der Waals surface area contributed by atoms with Crippen molar-refractivity contribution >= 4 is 32.5 Å². The molecule has 5 heteroatoms. The number of nitrogens with zero attached hydrogens (tertiary/aromatic N) is 1. The van der Waals surface area contributed by atoms with E-state index in [-0.39, 0.29) is 12.4 Å². The lowest BCUT2D eigenvalue weighted by molar-refractivity contribution is 0.308. The fourth-order valence-corrected chi connectivity index (χ4v) is 2.46. The second-order valence-corrected chi connectivity index (χ2v) is 5.43. The first-order chi connectivity index (χ1) is 10.1. The second-order valence-electron chi connectivity index (χ2n) is 4.58. The van der Waals surface area contributed by atoms with Crippen molar-refractivity contribution in [3.8, 4) is 5.75 Å². The van der Waals surface area contributed by atoms with Crippen LogP contribution in [0.2, 0.25) is 0 Å². The molecule has 0 saturated heterocycles. The summed E-state index contributed by atoms with van der Waals surface area (Å²) in [5.41, 5.74) is 7.94. The molecule has 0 aliphatic carbocycles. The minimum Gasteiger partial charge on any atom is -0.488 e. The molecule has 0 spiro atoms. The summed E-state index contributed by atoms with van der Waals surface area (Å²) in [6, 6.07) is 11.8. The maximum Gasteiger partial charge on any atom is 0.129 e. The Kier molecular flexibility index (Phi) is 3.75. The van der Waals surface area contributed by atoms with E-state index in [1.807, 2.05) is 12.1 Å². The summed E-state index contributed by atoms with van der Waals surface area (Å²) in [6.45, 7) is 0.256. The van der Waals surface area contributed by atoms with Crippen LogP contribution in [0.15, 0.2) is 53.1 Å². The molecule has 2 N–H and O–H groups in total. The van der Waals surface area contributed by atoms with Crippen LogP contribution in [0.5, 0.6) is 5.75 Å². The molecule has 0 unspecified atom stereocenters. The minimum atomic E-state index is -0.291. The third-order valence-electron chi connectivity index (χ3n) is 3.15. The average molecular weight is 347 g/mol. The number of ether oxygens (including phenoxy) is 1. The summed E-state index contributed by atoms with van der Waals surface area (Å²) in [5, 5.41) is 0.838. The van der Waals surface area contributed by atoms with E-state index in [1.165, 1.54) is 12.1 Å². The van der Waals surface area contributed by atoms with Crippen LogP contribution < -0.4 is 10.5 Å². The molecule has 0 fully saturated rings. The number of hydrogen-bond acceptors (Lipinski definition) is 3. The molecule has 0 aliphatic heterocycles. The number of aromatic nitrogens is 1. The van der Waals surface area contributed by atoms with Gasteiger partial charge in [0.2, 0.25) is 0 Å². The Hall–Kier alpha value is -2.14. The Morgan fingerprint density at radius 2 is 2.05 bits per heavy atom. The summed E-state index contributed by atoms with van der Waals surface area (Å²) < 4.78 is 19.9. The van der Waals surface area contributed by atoms with E-state index in [9.17, 15) is 4.39 Å². The number of rotatable bonds is 3. The van der Waals surface area contributed by atoms with E-state index in [0.29, 0.717) is 17.0 Å². The zero-order chi connectivity index (χ0) is 14.8. The van der Waals surface area contributed by atoms with Crippen LogP contribution in [0.1, 0.15) is 5.56 Å². The smallest absolute Gasteiger partial charge is 0.129 e. The fourth-order valence-electron chi connectivity index (χ4n) is 2.10. The first-order valence-corrected chi connectivity index (χ1v) is 7.14. The van der Waals surface area contributed by atoms with Crippen LogP contribution >= 0.6 is 15.9 Å². The first-order valence-electron chi connectivity index (χ1n) is 6.35. The lowest BCUT2D eigenvalue weighted by Crippen LogP contribution is -1.99. The summed E-state index contributed by atoms with van der Waals surface area (Å²) >= 11 is 3.39. The van der Waals surface area contributed by atoms with E-state index in [1.54, 1.807) is 24.4 Å². The van der Waals surface area contributed by atoms with Crippen molar-refractivity contribution in [2.75, 3.05) is 5.73 Å². The van der Waals surface area contributed by atoms with Gasteiger partial charge in [-0.2, -0.15) is 0 Å². The van der Waals surface area contributed by atoms with Gasteiger partial charge in [-0.15, -0.1) is 0 Å². The van der Waals surface area contributed by atoms with Crippen LogP contribution in [0.3, 0.4) is 0 Å². The average Bonchev–Trinajstić information content (AvgIpc) is 2.50. The normalized spacial score (nSPS) is 10.8. The molecule has 0 aliphatic rings. The molecule has 0 bridgehead atoms. The van der Waals surface area contributed by atoms with Gasteiger partial charge in [-0.1, -0.05) is 15.9 Å². The van der Waals surface area contributed by atoms with Crippen LogP contribution in [-0.4, -0.2) is 4.98 Å². The molecule has 2 aromatic carbocycles. The number of benzene rings is 2. The van der Waals surface area contributed by atoms with Gasteiger partial charge in [-0.05, 0) is 42.5 Å². The lowest BCUT2D eigenvalue weighted by Gasteiger charge is -2.11. The molecule has 0 radical (unpaired) electrons. The van der Waals surface area contributed by atoms with Crippen molar-refractivity contribution in [3.05, 3.63) is 64.5 Å². The number of hydrogen-bond donors (Lipinski definition) is 1. The van der Waals surface area contributed by atoms with Gasteiger partial charge in [-0.3, -0.25) is 4.98 Å². The molecule has 106 valence electrons. The number of halogens is 2. The molecule has 1 heterocycles. The predicted molar refractivity (Wildman–Crippen MR) is 84.6 cm³/mol. The first kappa shape index (κ1) is 13.8. The molecule has 0 saturated carbocycles. The Labute approximate surface area is 129 Å². The maximum absolute atomic E-state index is 13.3. The second kappa shape index (κ2) is 5.69. The molecular weight excluding hydrogens is 335 g/mol. The molecular formula is C16H12BrFN2O. The van der Waals surface area contributed by atoms with Crippen molar-refractivity contribution in [1.29, 1.82) is 0 Å². The lowest BCUT2D eigenvalue weighted by atomic mass is 10.1. The Morgan fingerprint density at radius 1 is 1.19 bits per heavy atom. The van der Waals surface area contributed by atoms with Gasteiger partial charge in [0.15, 0.2) is 0 Å². The number of nitrogens with two attached hydrogens (primary N) is 1. The van der Waals surface area contributed by atoms with Gasteiger partial charge in [0.05, 0.1) is 11.2 Å². The van der Waals surface area contributed by atoms with Crippen molar-refractivity contribution in [1.82, 2.24) is 4.98 Å². The highest BCUT2D eigenvalue weighted by molar-refractivity contribution is 9.10. The van der Waals surface area contributed by atoms with Gasteiger partial charge >= 0.3 is 0 Å². The predicted octanol–water partition coefficient (Wildman–Crippen LogP) is 4.30. The number of pyridine rings is 1. The zero-order valence-corrected chi connectivity index (χ0v) is 12.6. The van der Waals surface area contributed by atoms with Crippen molar-refractivity contribution in [3.63, 3.8) is 0 Å². The molecule has 1 aromatic heterocycles. The molecule has 3 nitrogen and oxygen atoms in total. The molecule has 3 aromatic rings. The van der Waals surface area contributed by atoms with E-state index >= 15 is 0 Å². The minimum absolute atomic E-state index is 0.256. The monoisotopic (exact) mass is 346 g/mol. The van der Waals surface area contributed by atoms with Gasteiger partial charge in [0.25, 0.3) is 0 Å². The van der Waals surface area contributed by atoms with Gasteiger partial charge in [-0.25, -0.2) is 4.39 Å². The van der Waals surface area contributed by atoms with Crippen LogP contribution in [0.4, 0.5) is 10.1 Å². The van der Waals surface area contributed by atoms with Crippen LogP contribution in [0, 0.1) is 5.82 Å². The summed E-state index contributed by atoms with van der Waals surface area (Å²) in [4.78, 5) is 4.25. The SMILES string of the molecule is Nc1ccc(OCc2cc(F)ccc2Br)c2cccnc12. The van der Waals surface area contributed by atoms with Crippen molar-refractivity contribution in [2.24, 2.45) is 0 Å².